The van der Waals surface area contributed by atoms with E-state index >= 15 is 0 Å². The summed E-state index contributed by atoms with van der Waals surface area (Å²) in [5, 5.41) is 0. The van der Waals surface area contributed by atoms with Crippen LogP contribution in [0.2, 0.25) is 0 Å². The van der Waals surface area contributed by atoms with Gasteiger partial charge in [0.25, 0.3) is 0 Å². The molecule has 1 unspecified atom stereocenters. The average molecular weight is 313 g/mol. The van der Waals surface area contributed by atoms with Crippen molar-refractivity contribution in [2.24, 2.45) is 5.92 Å². The molecule has 2 aromatic carbocycles. The second-order valence-corrected chi connectivity index (χ2v) is 4.78. The van der Waals surface area contributed by atoms with Crippen molar-refractivity contribution < 1.29 is 26.2 Å². The molecule has 3 rings (SSSR count). The van der Waals surface area contributed by atoms with Crippen molar-refractivity contribution >= 4 is 0 Å². The van der Waals surface area contributed by atoms with E-state index in [1.165, 1.54) is 35.1 Å². The zero-order valence-electron chi connectivity index (χ0n) is 10.7. The molecule has 2 aromatic rings. The van der Waals surface area contributed by atoms with Crippen molar-refractivity contribution in [3.05, 3.63) is 66.1 Å². The number of hydrogen-bond donors (Lipinski definition) is 0. The number of fused-ring (bicyclic) bond motifs is 1. The van der Waals surface area contributed by atoms with Crippen molar-refractivity contribution in [3.8, 4) is 11.1 Å². The van der Waals surface area contributed by atoms with Gasteiger partial charge in [-0.3, -0.25) is 0 Å². The van der Waals surface area contributed by atoms with Crippen LogP contribution in [0.5, 0.6) is 0 Å². The van der Waals surface area contributed by atoms with Crippen molar-refractivity contribution in [1.82, 2.24) is 0 Å². The van der Waals surface area contributed by atoms with E-state index in [1.807, 2.05) is 0 Å². The molecule has 0 saturated heterocycles. The Labute approximate surface area is 129 Å². The van der Waals surface area contributed by atoms with E-state index in [-0.39, 0.29) is 26.2 Å². The van der Waals surface area contributed by atoms with Crippen LogP contribution < -0.4 is 0 Å². The maximum atomic E-state index is 2.43. The average Bonchev–Trinajstić information content (AvgIpc) is 2.82. The third-order valence-corrected chi connectivity index (χ3v) is 3.70. The van der Waals surface area contributed by atoms with Gasteiger partial charge in [0.1, 0.15) is 0 Å². The molecule has 0 amide bonds. The molecular weight excluding hydrogens is 295 g/mol. The van der Waals surface area contributed by atoms with Crippen LogP contribution in [0.15, 0.2) is 48.5 Å². The Bertz CT molecular complexity index is 516. The summed E-state index contributed by atoms with van der Waals surface area (Å²) in [6, 6.07) is 17.4. The molecule has 90 valence electrons. The van der Waals surface area contributed by atoms with Gasteiger partial charge in [-0.1, -0.05) is 67.6 Å². The molecule has 0 bridgehead atoms. The van der Waals surface area contributed by atoms with Crippen molar-refractivity contribution in [1.29, 1.82) is 0 Å². The van der Waals surface area contributed by atoms with Crippen LogP contribution in [0.3, 0.4) is 0 Å². The fourth-order valence-corrected chi connectivity index (χ4v) is 2.71. The first-order valence-corrected chi connectivity index (χ1v) is 6.40. The summed E-state index contributed by atoms with van der Waals surface area (Å²) in [5.41, 5.74) is 5.73. The van der Waals surface area contributed by atoms with Gasteiger partial charge in [0, 0.05) is 26.2 Å². The van der Waals surface area contributed by atoms with E-state index in [0.29, 0.717) is 0 Å². The first kappa shape index (κ1) is 13.6. The summed E-state index contributed by atoms with van der Waals surface area (Å²) in [5.74, 6) is 0.731. The van der Waals surface area contributed by atoms with Crippen LogP contribution in [-0.2, 0) is 32.6 Å². The van der Waals surface area contributed by atoms with Gasteiger partial charge in [-0.05, 0) is 5.56 Å². The molecule has 1 aliphatic rings. The Morgan fingerprint density at radius 1 is 1.06 bits per heavy atom. The third-order valence-electron chi connectivity index (χ3n) is 3.70. The van der Waals surface area contributed by atoms with Gasteiger partial charge in [-0.15, -0.1) is 11.6 Å². The van der Waals surface area contributed by atoms with E-state index in [2.05, 4.69) is 61.9 Å². The number of hydrogen-bond acceptors (Lipinski definition) is 0. The minimum atomic E-state index is 0. The SMILES string of the molecule is CCC1[CH-]c2cccc(-c3ccccc3)c2C1.[Zr]. The first-order chi connectivity index (χ1) is 8.38. The van der Waals surface area contributed by atoms with E-state index in [0.717, 1.165) is 5.92 Å². The Morgan fingerprint density at radius 2 is 1.83 bits per heavy atom. The molecule has 18 heavy (non-hydrogen) atoms. The normalized spacial score (nSPS) is 16.6. The van der Waals surface area contributed by atoms with Gasteiger partial charge in [0.2, 0.25) is 0 Å². The number of rotatable bonds is 2. The van der Waals surface area contributed by atoms with Gasteiger partial charge in [-0.25, -0.2) is 0 Å². The van der Waals surface area contributed by atoms with Crippen LogP contribution in [0, 0.1) is 12.3 Å². The van der Waals surface area contributed by atoms with Crippen LogP contribution in [-0.4, -0.2) is 0 Å². The minimum absolute atomic E-state index is 0. The fraction of sp³-hybridized carbons (Fsp3) is 0.235. The summed E-state index contributed by atoms with van der Waals surface area (Å²) in [4.78, 5) is 0. The summed E-state index contributed by atoms with van der Waals surface area (Å²) in [6.45, 7) is 2.27. The second-order valence-electron chi connectivity index (χ2n) is 4.78. The summed E-state index contributed by atoms with van der Waals surface area (Å²) >= 11 is 0. The maximum Gasteiger partial charge on any atom is 0 e. The molecule has 0 nitrogen and oxygen atoms in total. The summed E-state index contributed by atoms with van der Waals surface area (Å²) < 4.78 is 0. The molecule has 1 atom stereocenters. The van der Waals surface area contributed by atoms with Gasteiger partial charge in [0.15, 0.2) is 0 Å². The molecule has 0 N–H and O–H groups in total. The zero-order chi connectivity index (χ0) is 11.7. The second kappa shape index (κ2) is 5.89. The maximum absolute atomic E-state index is 2.43. The molecule has 0 heterocycles. The van der Waals surface area contributed by atoms with E-state index < -0.39 is 0 Å². The standard InChI is InChI=1S/C17H17.Zr/c1-2-13-11-15-9-6-10-16(17(15)12-13)14-7-4-3-5-8-14;/h3-11,13H,2,12H2,1H3;/q-1;. The first-order valence-electron chi connectivity index (χ1n) is 6.40. The van der Waals surface area contributed by atoms with Crippen LogP contribution in [0.1, 0.15) is 24.5 Å². The largest absolute Gasteiger partial charge is 0.188 e. The van der Waals surface area contributed by atoms with Crippen LogP contribution in [0.4, 0.5) is 0 Å². The van der Waals surface area contributed by atoms with Gasteiger partial charge >= 0.3 is 0 Å². The minimum Gasteiger partial charge on any atom is -0.188 e. The van der Waals surface area contributed by atoms with Crippen molar-refractivity contribution in [3.63, 3.8) is 0 Å². The van der Waals surface area contributed by atoms with Gasteiger partial charge < -0.3 is 0 Å². The molecule has 0 aromatic heterocycles. The summed E-state index contributed by atoms with van der Waals surface area (Å²) in [6.07, 6.45) is 4.88. The molecule has 0 aliphatic heterocycles. The monoisotopic (exact) mass is 311 g/mol. The Kier molecular flexibility index (Phi) is 4.46. The molecule has 0 radical (unpaired) electrons. The van der Waals surface area contributed by atoms with E-state index in [1.54, 1.807) is 0 Å². The topological polar surface area (TPSA) is 0 Å². The Morgan fingerprint density at radius 3 is 2.56 bits per heavy atom. The Hall–Kier alpha value is -0.807. The van der Waals surface area contributed by atoms with Gasteiger partial charge in [0.05, 0.1) is 0 Å². The molecule has 0 spiro atoms. The number of benzene rings is 2. The van der Waals surface area contributed by atoms with E-state index in [9.17, 15) is 0 Å². The predicted molar refractivity (Wildman–Crippen MR) is 72.8 cm³/mol. The molecular formula is C17H17Zr-. The molecule has 0 saturated carbocycles. The quantitative estimate of drug-likeness (QED) is 0.717. The summed E-state index contributed by atoms with van der Waals surface area (Å²) in [7, 11) is 0. The van der Waals surface area contributed by atoms with Crippen LogP contribution >= 0.6 is 0 Å². The zero-order valence-corrected chi connectivity index (χ0v) is 13.1. The van der Waals surface area contributed by atoms with Crippen molar-refractivity contribution in [2.45, 2.75) is 19.8 Å². The predicted octanol–water partition coefficient (Wildman–Crippen LogP) is 4.49. The van der Waals surface area contributed by atoms with Gasteiger partial charge in [-0.2, -0.15) is 18.1 Å². The smallest absolute Gasteiger partial charge is 0 e. The molecule has 0 fully saturated rings. The molecule has 1 heteroatoms. The third kappa shape index (κ3) is 2.47. The Balaban J connectivity index is 0.00000120. The fourth-order valence-electron chi connectivity index (χ4n) is 2.71. The van der Waals surface area contributed by atoms with Crippen molar-refractivity contribution in [2.75, 3.05) is 0 Å². The van der Waals surface area contributed by atoms with E-state index in [4.69, 9.17) is 0 Å². The van der Waals surface area contributed by atoms with Crippen LogP contribution in [0.25, 0.3) is 11.1 Å². The molecule has 1 aliphatic carbocycles.